The summed E-state index contributed by atoms with van der Waals surface area (Å²) in [6.07, 6.45) is 6.68. The number of rotatable bonds is 5. The van der Waals surface area contributed by atoms with Gasteiger partial charge in [0, 0.05) is 6.54 Å². The second kappa shape index (κ2) is 7.81. The highest BCUT2D eigenvalue weighted by molar-refractivity contribution is 9.11. The first-order chi connectivity index (χ1) is 9.65. The van der Waals surface area contributed by atoms with E-state index in [4.69, 9.17) is 4.74 Å². The lowest BCUT2D eigenvalue weighted by Gasteiger charge is -2.32. The van der Waals surface area contributed by atoms with Gasteiger partial charge in [-0.2, -0.15) is 0 Å². The summed E-state index contributed by atoms with van der Waals surface area (Å²) in [6, 6.07) is 4.28. The molecule has 2 rings (SSSR count). The molecule has 1 aliphatic rings. The van der Waals surface area contributed by atoms with Crippen LogP contribution in [-0.2, 0) is 6.54 Å². The van der Waals surface area contributed by atoms with Crippen molar-refractivity contribution >= 4 is 31.9 Å². The van der Waals surface area contributed by atoms with E-state index in [-0.39, 0.29) is 0 Å². The van der Waals surface area contributed by atoms with Gasteiger partial charge in [0.25, 0.3) is 0 Å². The third-order valence-electron chi connectivity index (χ3n) is 4.07. The molecule has 1 fully saturated rings. The molecule has 0 saturated heterocycles. The van der Waals surface area contributed by atoms with Gasteiger partial charge in [0.15, 0.2) is 0 Å². The summed E-state index contributed by atoms with van der Waals surface area (Å²) in [5.41, 5.74) is 1.24. The van der Waals surface area contributed by atoms with Gasteiger partial charge in [-0.15, -0.1) is 0 Å². The highest BCUT2D eigenvalue weighted by Crippen LogP contribution is 2.38. The van der Waals surface area contributed by atoms with E-state index in [9.17, 15) is 0 Å². The summed E-state index contributed by atoms with van der Waals surface area (Å²) in [7, 11) is 1.96. The Balaban J connectivity index is 2.15. The number of hydrogen-bond acceptors (Lipinski definition) is 2. The van der Waals surface area contributed by atoms with Crippen LogP contribution >= 0.6 is 31.9 Å². The first kappa shape index (κ1) is 16.3. The lowest BCUT2D eigenvalue weighted by molar-refractivity contribution is 0.0889. The Bertz CT molecular complexity index is 427. The largest absolute Gasteiger partial charge is 0.488 e. The van der Waals surface area contributed by atoms with Crippen molar-refractivity contribution in [3.63, 3.8) is 0 Å². The van der Waals surface area contributed by atoms with Crippen LogP contribution in [0.1, 0.15) is 44.6 Å². The summed E-state index contributed by atoms with van der Waals surface area (Å²) < 4.78 is 8.42. The Morgan fingerprint density at radius 3 is 2.45 bits per heavy atom. The molecule has 4 heteroatoms. The van der Waals surface area contributed by atoms with Gasteiger partial charge < -0.3 is 10.1 Å². The second-order valence-electron chi connectivity index (χ2n) is 5.53. The van der Waals surface area contributed by atoms with Gasteiger partial charge in [0.1, 0.15) is 11.9 Å². The Kier molecular flexibility index (Phi) is 6.37. The minimum Gasteiger partial charge on any atom is -0.488 e. The Morgan fingerprint density at radius 2 is 1.85 bits per heavy atom. The van der Waals surface area contributed by atoms with Crippen molar-refractivity contribution in [3.05, 3.63) is 26.6 Å². The molecule has 0 amide bonds. The van der Waals surface area contributed by atoms with Crippen molar-refractivity contribution in [2.45, 2.75) is 51.7 Å². The van der Waals surface area contributed by atoms with Crippen LogP contribution in [0.4, 0.5) is 0 Å². The van der Waals surface area contributed by atoms with Crippen LogP contribution in [-0.4, -0.2) is 13.2 Å². The molecule has 20 heavy (non-hydrogen) atoms. The lowest BCUT2D eigenvalue weighted by atomic mass is 9.85. The van der Waals surface area contributed by atoms with E-state index in [1.54, 1.807) is 0 Å². The third kappa shape index (κ3) is 3.99. The van der Waals surface area contributed by atoms with Crippen molar-refractivity contribution in [2.24, 2.45) is 5.92 Å². The Labute approximate surface area is 138 Å². The predicted molar refractivity (Wildman–Crippen MR) is 91.3 cm³/mol. The van der Waals surface area contributed by atoms with Crippen molar-refractivity contribution in [1.82, 2.24) is 5.32 Å². The number of ether oxygens (including phenoxy) is 1. The zero-order valence-corrected chi connectivity index (χ0v) is 15.4. The van der Waals surface area contributed by atoms with Crippen LogP contribution in [0.2, 0.25) is 0 Å². The molecule has 112 valence electrons. The van der Waals surface area contributed by atoms with Crippen LogP contribution in [0.15, 0.2) is 21.1 Å². The second-order valence-corrected chi connectivity index (χ2v) is 7.24. The van der Waals surface area contributed by atoms with Gasteiger partial charge >= 0.3 is 0 Å². The fraction of sp³-hybridized carbons (Fsp3) is 0.625. The maximum Gasteiger partial charge on any atom is 0.148 e. The highest BCUT2D eigenvalue weighted by Gasteiger charge is 2.26. The van der Waals surface area contributed by atoms with Crippen molar-refractivity contribution < 1.29 is 4.74 Å². The molecule has 0 aliphatic heterocycles. The molecule has 1 aromatic carbocycles. The molecule has 0 bridgehead atoms. The van der Waals surface area contributed by atoms with E-state index in [1.165, 1.54) is 37.7 Å². The van der Waals surface area contributed by atoms with E-state index < -0.39 is 0 Å². The van der Waals surface area contributed by atoms with Gasteiger partial charge in [0.2, 0.25) is 0 Å². The smallest absolute Gasteiger partial charge is 0.148 e. The molecule has 2 unspecified atom stereocenters. The summed E-state index contributed by atoms with van der Waals surface area (Å²) in [5.74, 6) is 1.65. The SMILES string of the molecule is CCC1CCCCC1Oc1c(Br)cc(CNC)cc1Br. The normalized spacial score (nSPS) is 22.8. The summed E-state index contributed by atoms with van der Waals surface area (Å²) in [5, 5.41) is 3.17. The first-order valence-electron chi connectivity index (χ1n) is 7.44. The number of halogens is 2. The van der Waals surface area contributed by atoms with Crippen LogP contribution < -0.4 is 10.1 Å². The molecule has 1 saturated carbocycles. The lowest BCUT2D eigenvalue weighted by Crippen LogP contribution is -2.30. The zero-order chi connectivity index (χ0) is 14.5. The summed E-state index contributed by atoms with van der Waals surface area (Å²) in [6.45, 7) is 3.13. The average Bonchev–Trinajstić information content (AvgIpc) is 2.43. The van der Waals surface area contributed by atoms with E-state index in [1.807, 2.05) is 7.05 Å². The number of benzene rings is 1. The number of nitrogens with one attached hydrogen (secondary N) is 1. The van der Waals surface area contributed by atoms with E-state index in [2.05, 4.69) is 56.2 Å². The molecule has 1 aliphatic carbocycles. The highest BCUT2D eigenvalue weighted by atomic mass is 79.9. The minimum absolute atomic E-state index is 0.358. The standard InChI is InChI=1S/C16H23Br2NO/c1-3-12-6-4-5-7-15(12)20-16-13(17)8-11(10-19-2)9-14(16)18/h8-9,12,15,19H,3-7,10H2,1-2H3. The zero-order valence-electron chi connectivity index (χ0n) is 12.2. The maximum absolute atomic E-state index is 6.34. The molecule has 1 N–H and O–H groups in total. The first-order valence-corrected chi connectivity index (χ1v) is 9.03. The topological polar surface area (TPSA) is 21.3 Å². The molecule has 2 nitrogen and oxygen atoms in total. The van der Waals surface area contributed by atoms with Crippen molar-refractivity contribution in [2.75, 3.05) is 7.05 Å². The average molecular weight is 405 g/mol. The maximum atomic E-state index is 6.34. The van der Waals surface area contributed by atoms with Crippen molar-refractivity contribution in [3.8, 4) is 5.75 Å². The quantitative estimate of drug-likeness (QED) is 0.720. The van der Waals surface area contributed by atoms with E-state index in [0.29, 0.717) is 12.0 Å². The minimum atomic E-state index is 0.358. The fourth-order valence-corrected chi connectivity index (χ4v) is 4.45. The monoisotopic (exact) mass is 403 g/mol. The van der Waals surface area contributed by atoms with Gasteiger partial charge in [-0.05, 0) is 88.2 Å². The van der Waals surface area contributed by atoms with Gasteiger partial charge in [-0.25, -0.2) is 0 Å². The molecule has 0 spiro atoms. The molecule has 0 aromatic heterocycles. The summed E-state index contributed by atoms with van der Waals surface area (Å²) in [4.78, 5) is 0. The third-order valence-corrected chi connectivity index (χ3v) is 5.25. The molecule has 1 aromatic rings. The van der Waals surface area contributed by atoms with Gasteiger partial charge in [0.05, 0.1) is 8.95 Å². The molecular formula is C16H23Br2NO. The Morgan fingerprint density at radius 1 is 1.20 bits per heavy atom. The predicted octanol–water partition coefficient (Wildman–Crippen LogP) is 5.28. The molecule has 2 atom stereocenters. The van der Waals surface area contributed by atoms with Crippen LogP contribution in [0.5, 0.6) is 5.75 Å². The van der Waals surface area contributed by atoms with Crippen molar-refractivity contribution in [1.29, 1.82) is 0 Å². The van der Waals surface area contributed by atoms with E-state index in [0.717, 1.165) is 21.2 Å². The molecule has 0 heterocycles. The summed E-state index contributed by atoms with van der Waals surface area (Å²) >= 11 is 7.31. The Hall–Kier alpha value is -0.0600. The fourth-order valence-electron chi connectivity index (χ4n) is 2.98. The van der Waals surface area contributed by atoms with Crippen LogP contribution in [0.25, 0.3) is 0 Å². The van der Waals surface area contributed by atoms with Gasteiger partial charge in [-0.3, -0.25) is 0 Å². The van der Waals surface area contributed by atoms with Crippen LogP contribution in [0.3, 0.4) is 0 Å². The van der Waals surface area contributed by atoms with E-state index >= 15 is 0 Å². The molecule has 0 radical (unpaired) electrons. The molecular weight excluding hydrogens is 382 g/mol. The number of hydrogen-bond donors (Lipinski definition) is 1. The van der Waals surface area contributed by atoms with Crippen LogP contribution in [0, 0.1) is 5.92 Å². The van der Waals surface area contributed by atoms with Gasteiger partial charge in [-0.1, -0.05) is 13.3 Å².